The van der Waals surface area contributed by atoms with E-state index in [1.807, 2.05) is 42.1 Å². The van der Waals surface area contributed by atoms with Crippen molar-refractivity contribution in [2.45, 2.75) is 51.1 Å². The van der Waals surface area contributed by atoms with Gasteiger partial charge in [-0.05, 0) is 68.0 Å². The summed E-state index contributed by atoms with van der Waals surface area (Å²) in [5.74, 6) is 1.77. The number of hydrogen-bond donors (Lipinski definition) is 0. The van der Waals surface area contributed by atoms with Crippen molar-refractivity contribution >= 4 is 17.3 Å². The number of aryl methyl sites for hydroxylation is 2. The maximum Gasteiger partial charge on any atom is 0.165 e. The Morgan fingerprint density at radius 3 is 2.62 bits per heavy atom. The fourth-order valence-electron chi connectivity index (χ4n) is 4.97. The number of nitrogens with zero attached hydrogens (tertiary/aromatic N) is 9. The fraction of sp³-hybridized carbons (Fsp3) is 0.333. The average Bonchev–Trinajstić information content (AvgIpc) is 3.38. The predicted octanol–water partition coefficient (Wildman–Crippen LogP) is 6.41. The molecule has 10 heteroatoms. The average molecular weight is 512 g/mol. The first-order valence-electron chi connectivity index (χ1n) is 12.5. The fourth-order valence-corrected chi connectivity index (χ4v) is 5.10. The van der Waals surface area contributed by atoms with Crippen LogP contribution in [0.5, 0.6) is 0 Å². The highest BCUT2D eigenvalue weighted by molar-refractivity contribution is 6.30. The Labute approximate surface area is 219 Å². The van der Waals surface area contributed by atoms with Crippen molar-refractivity contribution in [1.82, 2.24) is 24.5 Å². The SMILES string of the molecule is Cc1nnc2n1-c1ccc(-c3cnn(CCCCCN=[N+]=[N-])c3)cc1C(c1ccc(Cl)cc1)=NC21CC1. The first-order chi connectivity index (χ1) is 18.1. The zero-order valence-electron chi connectivity index (χ0n) is 20.5. The summed E-state index contributed by atoms with van der Waals surface area (Å²) >= 11 is 6.21. The normalized spacial score (nSPS) is 14.9. The van der Waals surface area contributed by atoms with Crippen LogP contribution in [-0.2, 0) is 12.1 Å². The molecule has 37 heavy (non-hydrogen) atoms. The predicted molar refractivity (Wildman–Crippen MR) is 143 cm³/mol. The molecule has 0 saturated heterocycles. The van der Waals surface area contributed by atoms with Gasteiger partial charge in [-0.25, -0.2) is 0 Å². The van der Waals surface area contributed by atoms with Gasteiger partial charge < -0.3 is 0 Å². The molecule has 9 nitrogen and oxygen atoms in total. The van der Waals surface area contributed by atoms with Crippen molar-refractivity contribution in [3.05, 3.63) is 93.1 Å². The van der Waals surface area contributed by atoms with Crippen molar-refractivity contribution in [2.24, 2.45) is 10.1 Å². The molecule has 1 aliphatic heterocycles. The first-order valence-corrected chi connectivity index (χ1v) is 12.9. The van der Waals surface area contributed by atoms with Gasteiger partial charge in [-0.3, -0.25) is 14.2 Å². The van der Waals surface area contributed by atoms with Gasteiger partial charge in [-0.1, -0.05) is 41.3 Å². The second-order valence-electron chi connectivity index (χ2n) is 9.64. The maximum absolute atomic E-state index is 8.40. The van der Waals surface area contributed by atoms with Crippen LogP contribution >= 0.6 is 11.6 Å². The number of fused-ring (bicyclic) bond motifs is 4. The number of benzene rings is 2. The molecule has 186 valence electrons. The van der Waals surface area contributed by atoms with Crippen molar-refractivity contribution in [1.29, 1.82) is 0 Å². The Morgan fingerprint density at radius 2 is 1.84 bits per heavy atom. The lowest BCUT2D eigenvalue weighted by Gasteiger charge is -2.14. The molecular weight excluding hydrogens is 486 g/mol. The van der Waals surface area contributed by atoms with Crippen LogP contribution in [0.15, 0.2) is 65.0 Å². The van der Waals surface area contributed by atoms with E-state index in [4.69, 9.17) is 22.1 Å². The Morgan fingerprint density at radius 1 is 1.03 bits per heavy atom. The molecule has 0 radical (unpaired) electrons. The van der Waals surface area contributed by atoms with Crippen LogP contribution in [0, 0.1) is 6.92 Å². The summed E-state index contributed by atoms with van der Waals surface area (Å²) in [5, 5.41) is 17.8. The number of hydrogen-bond acceptors (Lipinski definition) is 5. The highest BCUT2D eigenvalue weighted by Crippen LogP contribution is 2.51. The van der Waals surface area contributed by atoms with Crippen LogP contribution in [0.2, 0.25) is 5.02 Å². The third kappa shape index (κ3) is 4.41. The second kappa shape index (κ2) is 9.50. The van der Waals surface area contributed by atoms with Crippen molar-refractivity contribution in [3.8, 4) is 16.8 Å². The Kier molecular flexibility index (Phi) is 6.02. The Hall–Kier alpha value is -3.94. The van der Waals surface area contributed by atoms with Crippen LogP contribution in [-0.4, -0.2) is 36.8 Å². The number of aliphatic imine (C=N–C) groups is 1. The minimum atomic E-state index is -0.334. The van der Waals surface area contributed by atoms with Gasteiger partial charge in [0.1, 0.15) is 11.4 Å². The van der Waals surface area contributed by atoms with Crippen molar-refractivity contribution in [2.75, 3.05) is 6.54 Å². The van der Waals surface area contributed by atoms with Gasteiger partial charge in [0.05, 0.1) is 17.6 Å². The van der Waals surface area contributed by atoms with Crippen LogP contribution in [0.4, 0.5) is 0 Å². The zero-order chi connectivity index (χ0) is 25.4. The summed E-state index contributed by atoms with van der Waals surface area (Å²) in [6.45, 7) is 3.36. The molecule has 2 aromatic carbocycles. The van der Waals surface area contributed by atoms with Crippen LogP contribution in [0.1, 0.15) is 54.9 Å². The summed E-state index contributed by atoms with van der Waals surface area (Å²) in [5.41, 5.74) is 14.2. The van der Waals surface area contributed by atoms with Crippen LogP contribution in [0.3, 0.4) is 0 Å². The molecule has 0 atom stereocenters. The first kappa shape index (κ1) is 23.5. The quantitative estimate of drug-likeness (QED) is 0.118. The van der Waals surface area contributed by atoms with E-state index in [9.17, 15) is 0 Å². The van der Waals surface area contributed by atoms with Gasteiger partial charge in [0, 0.05) is 45.9 Å². The van der Waals surface area contributed by atoms with E-state index in [-0.39, 0.29) is 5.54 Å². The highest BCUT2D eigenvalue weighted by atomic mass is 35.5. The minimum absolute atomic E-state index is 0.334. The lowest BCUT2D eigenvalue weighted by Crippen LogP contribution is -2.11. The van der Waals surface area contributed by atoms with Gasteiger partial charge in [-0.15, -0.1) is 10.2 Å². The Balaban J connectivity index is 1.37. The number of halogens is 1. The third-order valence-corrected chi connectivity index (χ3v) is 7.33. The lowest BCUT2D eigenvalue weighted by molar-refractivity contribution is 0.547. The topological polar surface area (TPSA) is 110 Å². The van der Waals surface area contributed by atoms with E-state index < -0.39 is 0 Å². The standard InChI is InChI=1S/C27H26ClN9/c1-18-33-34-26-27(11-12-27)32-25(19-5-8-22(28)9-6-19)23-15-20(7-10-24(23)37(18)26)21-16-31-36(17-21)14-4-2-3-13-30-35-29/h5-10,15-17H,2-4,11-14H2,1H3. The van der Waals surface area contributed by atoms with Crippen molar-refractivity contribution < 1.29 is 0 Å². The molecule has 1 fully saturated rings. The largest absolute Gasteiger partial charge is 0.280 e. The molecule has 0 N–H and O–H groups in total. The number of unbranched alkanes of at least 4 members (excludes halogenated alkanes) is 2. The molecule has 4 aromatic rings. The molecule has 3 heterocycles. The van der Waals surface area contributed by atoms with E-state index in [0.29, 0.717) is 11.6 Å². The molecule has 6 rings (SSSR count). The van der Waals surface area contributed by atoms with Gasteiger partial charge in [-0.2, -0.15) is 5.10 Å². The van der Waals surface area contributed by atoms with E-state index in [0.717, 1.165) is 84.0 Å². The number of rotatable bonds is 8. The summed E-state index contributed by atoms with van der Waals surface area (Å²) in [7, 11) is 0. The Bertz CT molecular complexity index is 1540. The smallest absolute Gasteiger partial charge is 0.165 e. The second-order valence-corrected chi connectivity index (χ2v) is 10.1. The summed E-state index contributed by atoms with van der Waals surface area (Å²) in [6.07, 6.45) is 8.78. The van der Waals surface area contributed by atoms with E-state index in [2.05, 4.69) is 54.3 Å². The summed E-state index contributed by atoms with van der Waals surface area (Å²) in [6, 6.07) is 14.4. The molecule has 1 saturated carbocycles. The van der Waals surface area contributed by atoms with Gasteiger partial charge in [0.25, 0.3) is 0 Å². The van der Waals surface area contributed by atoms with Gasteiger partial charge in [0.2, 0.25) is 0 Å². The molecular formula is C27H26ClN9. The highest BCUT2D eigenvalue weighted by Gasteiger charge is 2.51. The van der Waals surface area contributed by atoms with Crippen LogP contribution < -0.4 is 0 Å². The number of azide groups is 1. The van der Waals surface area contributed by atoms with Crippen LogP contribution in [0.25, 0.3) is 27.3 Å². The molecule has 0 bridgehead atoms. The molecule has 0 unspecified atom stereocenters. The molecule has 2 aromatic heterocycles. The number of aromatic nitrogens is 5. The van der Waals surface area contributed by atoms with Gasteiger partial charge in [0.15, 0.2) is 5.82 Å². The molecule has 1 aliphatic carbocycles. The zero-order valence-corrected chi connectivity index (χ0v) is 21.3. The van der Waals surface area contributed by atoms with E-state index in [1.54, 1.807) is 0 Å². The maximum atomic E-state index is 8.40. The summed E-state index contributed by atoms with van der Waals surface area (Å²) < 4.78 is 4.14. The summed E-state index contributed by atoms with van der Waals surface area (Å²) in [4.78, 5) is 8.13. The van der Waals surface area contributed by atoms with Gasteiger partial charge >= 0.3 is 0 Å². The van der Waals surface area contributed by atoms with Crippen molar-refractivity contribution in [3.63, 3.8) is 0 Å². The van der Waals surface area contributed by atoms with E-state index in [1.165, 1.54) is 0 Å². The molecule has 1 spiro atoms. The third-order valence-electron chi connectivity index (χ3n) is 7.08. The minimum Gasteiger partial charge on any atom is -0.280 e. The lowest BCUT2D eigenvalue weighted by atomic mass is 9.96. The molecule has 0 amide bonds. The van der Waals surface area contributed by atoms with E-state index >= 15 is 0 Å². The monoisotopic (exact) mass is 511 g/mol. The molecule has 2 aliphatic rings.